The number of ether oxygens (including phenoxy) is 1. The van der Waals surface area contributed by atoms with E-state index in [2.05, 4.69) is 14.8 Å². The fraction of sp³-hybridized carbons (Fsp3) is 0.263. The van der Waals surface area contributed by atoms with Crippen molar-refractivity contribution in [2.45, 2.75) is 25.2 Å². The third kappa shape index (κ3) is 5.82. The lowest BCUT2D eigenvalue weighted by molar-refractivity contribution is -0.139. The molecule has 1 amide bonds. The number of sulfonamides is 1. The predicted molar refractivity (Wildman–Crippen MR) is 103 cm³/mol. The summed E-state index contributed by atoms with van der Waals surface area (Å²) in [6.07, 6.45) is 0.0713. The molecule has 2 rings (SSSR count). The minimum atomic E-state index is -3.80. The second-order valence-electron chi connectivity index (χ2n) is 6.23. The highest BCUT2D eigenvalue weighted by Crippen LogP contribution is 2.20. The summed E-state index contributed by atoms with van der Waals surface area (Å²) in [7, 11) is -2.51. The molecule has 2 aromatic rings. The van der Waals surface area contributed by atoms with Gasteiger partial charge in [-0.25, -0.2) is 8.42 Å². The van der Waals surface area contributed by atoms with E-state index in [0.29, 0.717) is 16.9 Å². The molecule has 0 saturated heterocycles. The van der Waals surface area contributed by atoms with E-state index in [1.54, 1.807) is 50.2 Å². The second kappa shape index (κ2) is 8.68. The zero-order valence-corrected chi connectivity index (χ0v) is 16.2. The number of nitrogens with one attached hydrogen (secondary N) is 2. The zero-order chi connectivity index (χ0) is 20.0. The number of carbonyl (C=O) groups excluding carboxylic acids is 2. The van der Waals surface area contributed by atoms with E-state index < -0.39 is 16.0 Å². The van der Waals surface area contributed by atoms with Crippen molar-refractivity contribution in [3.8, 4) is 0 Å². The monoisotopic (exact) mass is 390 g/mol. The molecule has 27 heavy (non-hydrogen) atoms. The normalized spacial score (nSPS) is 11.1. The van der Waals surface area contributed by atoms with E-state index in [9.17, 15) is 18.0 Å². The average molecular weight is 390 g/mol. The summed E-state index contributed by atoms with van der Waals surface area (Å²) in [5.41, 5.74) is 1.48. The molecule has 0 radical (unpaired) electrons. The van der Waals surface area contributed by atoms with Crippen molar-refractivity contribution in [2.75, 3.05) is 17.1 Å². The first-order chi connectivity index (χ1) is 12.7. The molecule has 0 unspecified atom stereocenters. The van der Waals surface area contributed by atoms with Crippen LogP contribution in [0.15, 0.2) is 53.4 Å². The largest absolute Gasteiger partial charge is 0.469 e. The van der Waals surface area contributed by atoms with Gasteiger partial charge in [0.15, 0.2) is 0 Å². The molecule has 0 atom stereocenters. The molecule has 2 aromatic carbocycles. The van der Waals surface area contributed by atoms with E-state index in [0.717, 1.165) is 0 Å². The average Bonchev–Trinajstić information content (AvgIpc) is 2.61. The molecule has 8 heteroatoms. The highest BCUT2D eigenvalue weighted by atomic mass is 32.2. The van der Waals surface area contributed by atoms with Crippen LogP contribution in [0.3, 0.4) is 0 Å². The molecule has 0 aliphatic rings. The van der Waals surface area contributed by atoms with Gasteiger partial charge >= 0.3 is 5.97 Å². The van der Waals surface area contributed by atoms with Crippen LogP contribution in [0.1, 0.15) is 19.4 Å². The van der Waals surface area contributed by atoms with Crippen molar-refractivity contribution in [3.63, 3.8) is 0 Å². The summed E-state index contributed by atoms with van der Waals surface area (Å²) >= 11 is 0. The van der Waals surface area contributed by atoms with Crippen LogP contribution in [0.25, 0.3) is 0 Å². The highest BCUT2D eigenvalue weighted by molar-refractivity contribution is 7.92. The third-order valence-electron chi connectivity index (χ3n) is 3.72. The van der Waals surface area contributed by atoms with Gasteiger partial charge in [-0.15, -0.1) is 0 Å². The van der Waals surface area contributed by atoms with Crippen LogP contribution in [-0.2, 0) is 30.8 Å². The van der Waals surface area contributed by atoms with Gasteiger partial charge in [-0.3, -0.25) is 14.3 Å². The Bertz CT molecular complexity index is 921. The Balaban J connectivity index is 2.14. The number of esters is 1. The number of amides is 1. The van der Waals surface area contributed by atoms with Gasteiger partial charge in [0.1, 0.15) is 0 Å². The maximum Gasteiger partial charge on any atom is 0.309 e. The number of methoxy groups -OCH3 is 1. The summed E-state index contributed by atoms with van der Waals surface area (Å²) in [5.74, 6) is -0.742. The Hall–Kier alpha value is -2.87. The van der Waals surface area contributed by atoms with E-state index >= 15 is 0 Å². The number of benzene rings is 2. The molecular formula is C19H22N2O5S. The van der Waals surface area contributed by atoms with E-state index in [1.807, 2.05) is 0 Å². The minimum Gasteiger partial charge on any atom is -0.469 e. The van der Waals surface area contributed by atoms with Gasteiger partial charge in [-0.2, -0.15) is 0 Å². The van der Waals surface area contributed by atoms with Gasteiger partial charge in [0.05, 0.1) is 24.1 Å². The number of anilines is 2. The maximum atomic E-state index is 12.5. The van der Waals surface area contributed by atoms with Gasteiger partial charge in [-0.1, -0.05) is 32.0 Å². The van der Waals surface area contributed by atoms with Crippen LogP contribution in [0.5, 0.6) is 0 Å². The molecule has 0 bridgehead atoms. The number of hydrogen-bond donors (Lipinski definition) is 2. The Kier molecular flexibility index (Phi) is 6.57. The smallest absolute Gasteiger partial charge is 0.309 e. The topological polar surface area (TPSA) is 102 Å². The zero-order valence-electron chi connectivity index (χ0n) is 15.4. The lowest BCUT2D eigenvalue weighted by Crippen LogP contribution is -2.18. The molecule has 0 aromatic heterocycles. The number of rotatable bonds is 7. The molecule has 0 saturated carbocycles. The molecule has 0 heterocycles. The fourth-order valence-corrected chi connectivity index (χ4v) is 3.24. The summed E-state index contributed by atoms with van der Waals surface area (Å²) in [6, 6.07) is 12.4. The van der Waals surface area contributed by atoms with Crippen molar-refractivity contribution >= 4 is 33.3 Å². The molecule has 144 valence electrons. The maximum absolute atomic E-state index is 12.5. The van der Waals surface area contributed by atoms with E-state index in [4.69, 9.17) is 0 Å². The SMILES string of the molecule is COC(=O)Cc1ccc(S(=O)(=O)Nc2cccc(NC(=O)C(C)C)c2)cc1. The Morgan fingerprint density at radius 2 is 1.67 bits per heavy atom. The van der Waals surface area contributed by atoms with Crippen molar-refractivity contribution in [1.29, 1.82) is 0 Å². The number of carbonyl (C=O) groups is 2. The van der Waals surface area contributed by atoms with E-state index in [-0.39, 0.29) is 23.1 Å². The molecule has 0 fully saturated rings. The summed E-state index contributed by atoms with van der Waals surface area (Å²) < 4.78 is 32.1. The molecule has 0 spiro atoms. The van der Waals surface area contributed by atoms with Gasteiger partial charge in [0.2, 0.25) is 5.91 Å². The predicted octanol–water partition coefficient (Wildman–Crippen LogP) is 2.80. The highest BCUT2D eigenvalue weighted by Gasteiger charge is 2.15. The molecule has 0 aliphatic carbocycles. The summed E-state index contributed by atoms with van der Waals surface area (Å²) in [4.78, 5) is 23.1. The Morgan fingerprint density at radius 1 is 1.04 bits per heavy atom. The first-order valence-corrected chi connectivity index (χ1v) is 9.79. The third-order valence-corrected chi connectivity index (χ3v) is 5.11. The summed E-state index contributed by atoms with van der Waals surface area (Å²) in [6.45, 7) is 3.54. The number of hydrogen-bond acceptors (Lipinski definition) is 5. The van der Waals surface area contributed by atoms with Crippen LogP contribution >= 0.6 is 0 Å². The first kappa shape index (κ1) is 20.4. The second-order valence-corrected chi connectivity index (χ2v) is 7.91. The van der Waals surface area contributed by atoms with Gasteiger partial charge in [0.25, 0.3) is 10.0 Å². The Morgan fingerprint density at radius 3 is 2.26 bits per heavy atom. The van der Waals surface area contributed by atoms with Crippen molar-refractivity contribution in [3.05, 3.63) is 54.1 Å². The van der Waals surface area contributed by atoms with Crippen molar-refractivity contribution in [1.82, 2.24) is 0 Å². The lowest BCUT2D eigenvalue weighted by Gasteiger charge is -2.11. The van der Waals surface area contributed by atoms with Crippen LogP contribution in [-0.4, -0.2) is 27.4 Å². The van der Waals surface area contributed by atoms with Crippen molar-refractivity contribution in [2.24, 2.45) is 5.92 Å². The minimum absolute atomic E-state index is 0.0627. The van der Waals surface area contributed by atoms with Crippen molar-refractivity contribution < 1.29 is 22.7 Å². The van der Waals surface area contributed by atoms with Gasteiger partial charge in [-0.05, 0) is 35.9 Å². The molecule has 7 nitrogen and oxygen atoms in total. The fourth-order valence-electron chi connectivity index (χ4n) is 2.19. The molecular weight excluding hydrogens is 368 g/mol. The molecule has 2 N–H and O–H groups in total. The first-order valence-electron chi connectivity index (χ1n) is 8.31. The van der Waals surface area contributed by atoms with Crippen LogP contribution in [0.4, 0.5) is 11.4 Å². The quantitative estimate of drug-likeness (QED) is 0.708. The van der Waals surface area contributed by atoms with Crippen LogP contribution in [0.2, 0.25) is 0 Å². The standard InChI is InChI=1S/C19H22N2O5S/c1-13(2)19(23)20-15-5-4-6-16(12-15)21-27(24,25)17-9-7-14(8-10-17)11-18(22)26-3/h4-10,12-13,21H,11H2,1-3H3,(H,20,23). The summed E-state index contributed by atoms with van der Waals surface area (Å²) in [5, 5.41) is 2.72. The van der Waals surface area contributed by atoms with Gasteiger partial charge < -0.3 is 10.1 Å². The van der Waals surface area contributed by atoms with Crippen LogP contribution in [0, 0.1) is 5.92 Å². The van der Waals surface area contributed by atoms with E-state index in [1.165, 1.54) is 19.2 Å². The Labute approximate surface area is 158 Å². The van der Waals surface area contributed by atoms with Gasteiger partial charge in [0, 0.05) is 11.6 Å². The lowest BCUT2D eigenvalue weighted by atomic mass is 10.2. The molecule has 0 aliphatic heterocycles. The van der Waals surface area contributed by atoms with Crippen LogP contribution < -0.4 is 10.0 Å².